The maximum Gasteiger partial charge on any atom is 0.339 e. The molecular weight excluding hydrogens is 314 g/mol. The van der Waals surface area contributed by atoms with Gasteiger partial charge < -0.3 is 10.2 Å². The van der Waals surface area contributed by atoms with Crippen molar-refractivity contribution in [2.24, 2.45) is 0 Å². The zero-order valence-electron chi connectivity index (χ0n) is 12.4. The lowest BCUT2D eigenvalue weighted by atomic mass is 10.0. The van der Waals surface area contributed by atoms with Crippen LogP contribution in [0.4, 0.5) is 0 Å². The van der Waals surface area contributed by atoms with Crippen molar-refractivity contribution < 1.29 is 15.0 Å². The van der Waals surface area contributed by atoms with Crippen LogP contribution >= 0.6 is 11.3 Å². The standard InChI is InChI=1S/C17H15NO4S/c1-2-7-18-13-6-4-11(9-15(13)23-17(18)22)10-3-5-12(16(20)21)14(19)8-10/h3-6,8-9,19H,2,7H2,1H3,(H,20,21). The number of nitrogens with zero attached hydrogens (tertiary/aromatic N) is 1. The van der Waals surface area contributed by atoms with Crippen LogP contribution in [0.1, 0.15) is 23.7 Å². The van der Waals surface area contributed by atoms with E-state index in [-0.39, 0.29) is 16.2 Å². The maximum atomic E-state index is 12.0. The minimum atomic E-state index is -1.17. The fourth-order valence-corrected chi connectivity index (χ4v) is 3.53. The molecule has 1 aromatic heterocycles. The molecule has 23 heavy (non-hydrogen) atoms. The maximum absolute atomic E-state index is 12.0. The molecular formula is C17H15NO4S. The molecule has 6 heteroatoms. The average molecular weight is 329 g/mol. The van der Waals surface area contributed by atoms with E-state index >= 15 is 0 Å². The van der Waals surface area contributed by atoms with E-state index in [1.807, 2.05) is 25.1 Å². The second-order valence-electron chi connectivity index (χ2n) is 5.24. The molecule has 3 rings (SSSR count). The molecule has 0 saturated carbocycles. The summed E-state index contributed by atoms with van der Waals surface area (Å²) in [4.78, 5) is 23.0. The number of phenols is 1. The molecule has 0 unspecified atom stereocenters. The van der Waals surface area contributed by atoms with E-state index in [0.717, 1.165) is 22.2 Å². The van der Waals surface area contributed by atoms with Gasteiger partial charge in [0.15, 0.2) is 0 Å². The van der Waals surface area contributed by atoms with Crippen LogP contribution in [0.15, 0.2) is 41.2 Å². The van der Waals surface area contributed by atoms with Crippen molar-refractivity contribution in [3.05, 3.63) is 51.6 Å². The zero-order chi connectivity index (χ0) is 16.6. The summed E-state index contributed by atoms with van der Waals surface area (Å²) in [6, 6.07) is 10.1. The number of fused-ring (bicyclic) bond motifs is 1. The second-order valence-corrected chi connectivity index (χ2v) is 6.23. The smallest absolute Gasteiger partial charge is 0.339 e. The first kappa shape index (κ1) is 15.3. The van der Waals surface area contributed by atoms with E-state index in [9.17, 15) is 14.7 Å². The minimum absolute atomic E-state index is 0.0167. The van der Waals surface area contributed by atoms with Crippen molar-refractivity contribution in [2.45, 2.75) is 19.9 Å². The number of aromatic carboxylic acids is 1. The van der Waals surface area contributed by atoms with Gasteiger partial charge in [-0.3, -0.25) is 9.36 Å². The zero-order valence-corrected chi connectivity index (χ0v) is 13.3. The van der Waals surface area contributed by atoms with Gasteiger partial charge in [-0.25, -0.2) is 4.79 Å². The first-order valence-corrected chi connectivity index (χ1v) is 8.03. The lowest BCUT2D eigenvalue weighted by Crippen LogP contribution is -2.11. The molecule has 1 heterocycles. The van der Waals surface area contributed by atoms with Gasteiger partial charge in [-0.2, -0.15) is 0 Å². The third-order valence-corrected chi connectivity index (χ3v) is 4.62. The number of benzene rings is 2. The first-order valence-electron chi connectivity index (χ1n) is 7.21. The molecule has 0 radical (unpaired) electrons. The number of rotatable bonds is 4. The summed E-state index contributed by atoms with van der Waals surface area (Å²) in [6.45, 7) is 2.71. The molecule has 0 spiro atoms. The Bertz CT molecular complexity index is 955. The molecule has 118 valence electrons. The van der Waals surface area contributed by atoms with Crippen molar-refractivity contribution in [2.75, 3.05) is 0 Å². The fraction of sp³-hybridized carbons (Fsp3) is 0.176. The van der Waals surface area contributed by atoms with Gasteiger partial charge in [0, 0.05) is 6.54 Å². The van der Waals surface area contributed by atoms with E-state index in [4.69, 9.17) is 5.11 Å². The number of hydrogen-bond donors (Lipinski definition) is 2. The molecule has 2 N–H and O–H groups in total. The number of thiazole rings is 1. The molecule has 0 atom stereocenters. The molecule has 0 amide bonds. The highest BCUT2D eigenvalue weighted by Gasteiger charge is 2.12. The predicted molar refractivity (Wildman–Crippen MR) is 90.4 cm³/mol. The summed E-state index contributed by atoms with van der Waals surface area (Å²) in [5.41, 5.74) is 2.30. The molecule has 5 nitrogen and oxygen atoms in total. The number of carboxylic acids is 1. The molecule has 2 aromatic carbocycles. The number of aromatic nitrogens is 1. The highest BCUT2D eigenvalue weighted by molar-refractivity contribution is 7.16. The topological polar surface area (TPSA) is 79.5 Å². The highest BCUT2D eigenvalue weighted by atomic mass is 32.1. The first-order chi connectivity index (χ1) is 11.0. The lowest BCUT2D eigenvalue weighted by molar-refractivity contribution is 0.0694. The monoisotopic (exact) mass is 329 g/mol. The summed E-state index contributed by atoms with van der Waals surface area (Å²) in [5.74, 6) is -1.44. The highest BCUT2D eigenvalue weighted by Crippen LogP contribution is 2.30. The lowest BCUT2D eigenvalue weighted by Gasteiger charge is -2.06. The van der Waals surface area contributed by atoms with Gasteiger partial charge in [0.25, 0.3) is 0 Å². The van der Waals surface area contributed by atoms with Crippen LogP contribution < -0.4 is 4.87 Å². The summed E-state index contributed by atoms with van der Waals surface area (Å²) in [6.07, 6.45) is 0.887. The third-order valence-electron chi connectivity index (χ3n) is 3.68. The Hall–Kier alpha value is -2.60. The van der Waals surface area contributed by atoms with Gasteiger partial charge in [0.05, 0.1) is 10.2 Å². The van der Waals surface area contributed by atoms with Crippen LogP contribution in [0.25, 0.3) is 21.3 Å². The Balaban J connectivity index is 2.09. The van der Waals surface area contributed by atoms with Crippen molar-refractivity contribution in [1.82, 2.24) is 4.57 Å². The van der Waals surface area contributed by atoms with Crippen molar-refractivity contribution >= 4 is 27.5 Å². The van der Waals surface area contributed by atoms with E-state index in [2.05, 4.69) is 0 Å². The number of aromatic hydroxyl groups is 1. The molecule has 0 aliphatic rings. The van der Waals surface area contributed by atoms with Crippen molar-refractivity contribution in [1.29, 1.82) is 0 Å². The summed E-state index contributed by atoms with van der Waals surface area (Å²) >= 11 is 1.19. The third kappa shape index (κ3) is 2.73. The normalized spacial score (nSPS) is 11.0. The SMILES string of the molecule is CCCn1c(=O)sc2cc(-c3ccc(C(=O)O)c(O)c3)ccc21. The van der Waals surface area contributed by atoms with Gasteiger partial charge in [0.2, 0.25) is 0 Å². The van der Waals surface area contributed by atoms with Crippen LogP contribution in [0, 0.1) is 0 Å². The summed E-state index contributed by atoms with van der Waals surface area (Å²) in [7, 11) is 0. The van der Waals surface area contributed by atoms with Gasteiger partial charge in [0.1, 0.15) is 11.3 Å². The van der Waals surface area contributed by atoms with Crippen LogP contribution in [-0.2, 0) is 6.54 Å². The quantitative estimate of drug-likeness (QED) is 0.767. The average Bonchev–Trinajstić information content (AvgIpc) is 2.82. The van der Waals surface area contributed by atoms with Crippen LogP contribution in [-0.4, -0.2) is 20.7 Å². The van der Waals surface area contributed by atoms with Crippen molar-refractivity contribution in [3.63, 3.8) is 0 Å². The van der Waals surface area contributed by atoms with Crippen LogP contribution in [0.3, 0.4) is 0 Å². The number of carboxylic acid groups (broad SMARTS) is 1. The van der Waals surface area contributed by atoms with Gasteiger partial charge in [-0.05, 0) is 41.8 Å². The van der Waals surface area contributed by atoms with Gasteiger partial charge in [-0.15, -0.1) is 0 Å². The largest absolute Gasteiger partial charge is 0.507 e. The number of carbonyl (C=O) groups is 1. The van der Waals surface area contributed by atoms with Crippen molar-refractivity contribution in [3.8, 4) is 16.9 Å². The molecule has 0 aliphatic carbocycles. The van der Waals surface area contributed by atoms with Crippen LogP contribution in [0.5, 0.6) is 5.75 Å². The Labute approximate surface area is 136 Å². The fourth-order valence-electron chi connectivity index (χ4n) is 2.57. The Morgan fingerprint density at radius 2 is 1.87 bits per heavy atom. The van der Waals surface area contributed by atoms with Gasteiger partial charge in [-0.1, -0.05) is 30.4 Å². The van der Waals surface area contributed by atoms with E-state index in [1.165, 1.54) is 23.5 Å². The summed E-state index contributed by atoms with van der Waals surface area (Å²) in [5, 5.41) is 18.8. The number of aryl methyl sites for hydroxylation is 1. The summed E-state index contributed by atoms with van der Waals surface area (Å²) < 4.78 is 2.64. The number of hydrogen-bond acceptors (Lipinski definition) is 4. The second kappa shape index (κ2) is 5.89. The van der Waals surface area contributed by atoms with Gasteiger partial charge >= 0.3 is 10.8 Å². The predicted octanol–water partition coefficient (Wildman–Crippen LogP) is 3.54. The Morgan fingerprint density at radius 1 is 1.17 bits per heavy atom. The molecule has 0 fully saturated rings. The van der Waals surface area contributed by atoms with Crippen LogP contribution in [0.2, 0.25) is 0 Å². The molecule has 3 aromatic rings. The van der Waals surface area contributed by atoms with E-state index < -0.39 is 5.97 Å². The van der Waals surface area contributed by atoms with E-state index in [0.29, 0.717) is 12.1 Å². The Kier molecular flexibility index (Phi) is 3.92. The molecule has 0 aliphatic heterocycles. The molecule has 0 bridgehead atoms. The molecule has 0 saturated heterocycles. The van der Waals surface area contributed by atoms with E-state index in [1.54, 1.807) is 10.6 Å². The Morgan fingerprint density at radius 3 is 2.52 bits per heavy atom. The minimum Gasteiger partial charge on any atom is -0.507 e.